The fourth-order valence-electron chi connectivity index (χ4n) is 2.06. The van der Waals surface area contributed by atoms with E-state index >= 15 is 0 Å². The predicted octanol–water partition coefficient (Wildman–Crippen LogP) is 1.18. The summed E-state index contributed by atoms with van der Waals surface area (Å²) in [6.45, 7) is 3.39. The maximum absolute atomic E-state index is 12.3. The third kappa shape index (κ3) is 2.90. The van der Waals surface area contributed by atoms with Gasteiger partial charge in [0.25, 0.3) is 5.56 Å². The molecule has 2 rings (SSSR count). The van der Waals surface area contributed by atoms with Gasteiger partial charge in [-0.1, -0.05) is 13.3 Å². The maximum atomic E-state index is 12.3. The van der Waals surface area contributed by atoms with Crippen molar-refractivity contribution in [2.24, 2.45) is 0 Å². The van der Waals surface area contributed by atoms with Gasteiger partial charge >= 0.3 is 0 Å². The summed E-state index contributed by atoms with van der Waals surface area (Å²) < 4.78 is 1.78. The van der Waals surface area contributed by atoms with Gasteiger partial charge in [-0.25, -0.2) is 4.98 Å². The lowest BCUT2D eigenvalue weighted by atomic mass is 10.3. The van der Waals surface area contributed by atoms with Gasteiger partial charge in [-0.05, 0) is 19.3 Å². The van der Waals surface area contributed by atoms with Gasteiger partial charge in [0.05, 0.1) is 6.61 Å². The number of rotatable bonds is 7. The van der Waals surface area contributed by atoms with Crippen molar-refractivity contribution >= 4 is 5.82 Å². The van der Waals surface area contributed by atoms with E-state index in [0.717, 1.165) is 32.2 Å². The van der Waals surface area contributed by atoms with Crippen LogP contribution in [-0.4, -0.2) is 34.4 Å². The molecule has 1 aliphatic carbocycles. The second kappa shape index (κ2) is 6.00. The van der Waals surface area contributed by atoms with E-state index in [1.54, 1.807) is 17.0 Å². The topological polar surface area (TPSA) is 58.4 Å². The van der Waals surface area contributed by atoms with Crippen molar-refractivity contribution in [3.63, 3.8) is 0 Å². The van der Waals surface area contributed by atoms with Crippen LogP contribution >= 0.6 is 0 Å². The molecule has 1 N–H and O–H groups in total. The minimum Gasteiger partial charge on any atom is -0.395 e. The standard InChI is InChI=1S/C13H21N3O2/c1-2-3-7-15(9-10-17)12-13(18)16(8-6-14-12)11-4-5-11/h6,8,11,17H,2-5,7,9-10H2,1H3. The summed E-state index contributed by atoms with van der Waals surface area (Å²) in [6, 6.07) is 0.362. The molecule has 0 unspecified atom stereocenters. The Bertz CT molecular complexity index is 440. The molecule has 0 saturated heterocycles. The molecule has 100 valence electrons. The Labute approximate surface area is 107 Å². The minimum atomic E-state index is -0.0236. The summed E-state index contributed by atoms with van der Waals surface area (Å²) >= 11 is 0. The zero-order valence-electron chi connectivity index (χ0n) is 10.9. The normalized spacial score (nSPS) is 14.8. The van der Waals surface area contributed by atoms with Crippen molar-refractivity contribution in [3.05, 3.63) is 22.7 Å². The molecule has 0 spiro atoms. The smallest absolute Gasteiger partial charge is 0.293 e. The van der Waals surface area contributed by atoms with Crippen molar-refractivity contribution < 1.29 is 5.11 Å². The van der Waals surface area contributed by atoms with E-state index in [2.05, 4.69) is 11.9 Å². The van der Waals surface area contributed by atoms with Crippen molar-refractivity contribution in [1.29, 1.82) is 0 Å². The molecule has 0 aromatic carbocycles. The van der Waals surface area contributed by atoms with Gasteiger partial charge in [0.1, 0.15) is 0 Å². The lowest BCUT2D eigenvalue weighted by molar-refractivity contribution is 0.301. The SMILES string of the molecule is CCCCN(CCO)c1nccn(C2CC2)c1=O. The Morgan fingerprint density at radius 3 is 2.89 bits per heavy atom. The van der Waals surface area contributed by atoms with Gasteiger partial charge in [-0.15, -0.1) is 0 Å². The van der Waals surface area contributed by atoms with Crippen LogP contribution in [0.1, 0.15) is 38.6 Å². The first-order valence-electron chi connectivity index (χ1n) is 6.71. The van der Waals surface area contributed by atoms with E-state index in [-0.39, 0.29) is 12.2 Å². The van der Waals surface area contributed by atoms with E-state index in [4.69, 9.17) is 5.11 Å². The summed E-state index contributed by atoms with van der Waals surface area (Å²) in [5.74, 6) is 0.479. The summed E-state index contributed by atoms with van der Waals surface area (Å²) in [6.07, 6.45) is 7.67. The highest BCUT2D eigenvalue weighted by Gasteiger charge is 2.26. The average molecular weight is 251 g/mol. The van der Waals surface area contributed by atoms with E-state index < -0.39 is 0 Å². The zero-order valence-corrected chi connectivity index (χ0v) is 10.9. The molecule has 1 heterocycles. The van der Waals surface area contributed by atoms with Crippen LogP contribution in [0.3, 0.4) is 0 Å². The fraction of sp³-hybridized carbons (Fsp3) is 0.692. The number of aliphatic hydroxyl groups is 1. The highest BCUT2D eigenvalue weighted by molar-refractivity contribution is 5.35. The minimum absolute atomic E-state index is 0.0236. The summed E-state index contributed by atoms with van der Waals surface area (Å²) in [7, 11) is 0. The molecular weight excluding hydrogens is 230 g/mol. The summed E-state index contributed by atoms with van der Waals surface area (Å²) in [5.41, 5.74) is -0.0236. The van der Waals surface area contributed by atoms with E-state index in [0.29, 0.717) is 18.4 Å². The molecule has 1 aliphatic rings. The van der Waals surface area contributed by atoms with Crippen LogP contribution in [0.5, 0.6) is 0 Å². The molecule has 1 saturated carbocycles. The van der Waals surface area contributed by atoms with Gasteiger partial charge in [-0.2, -0.15) is 0 Å². The lowest BCUT2D eigenvalue weighted by Crippen LogP contribution is -2.35. The van der Waals surface area contributed by atoms with Crippen molar-refractivity contribution in [1.82, 2.24) is 9.55 Å². The molecule has 18 heavy (non-hydrogen) atoms. The van der Waals surface area contributed by atoms with Gasteiger partial charge in [-0.3, -0.25) is 4.79 Å². The van der Waals surface area contributed by atoms with Crippen molar-refractivity contribution in [3.8, 4) is 0 Å². The van der Waals surface area contributed by atoms with Crippen LogP contribution in [0.25, 0.3) is 0 Å². The highest BCUT2D eigenvalue weighted by atomic mass is 16.3. The molecule has 1 aromatic heterocycles. The Morgan fingerprint density at radius 2 is 2.28 bits per heavy atom. The van der Waals surface area contributed by atoms with Gasteiger partial charge in [0.2, 0.25) is 0 Å². The molecule has 0 aliphatic heterocycles. The largest absolute Gasteiger partial charge is 0.395 e. The quantitative estimate of drug-likeness (QED) is 0.790. The van der Waals surface area contributed by atoms with Crippen LogP contribution in [0.4, 0.5) is 5.82 Å². The van der Waals surface area contributed by atoms with Crippen molar-refractivity contribution in [2.45, 2.75) is 38.6 Å². The molecular formula is C13H21N3O2. The number of anilines is 1. The second-order valence-electron chi connectivity index (χ2n) is 4.76. The molecule has 5 heteroatoms. The molecule has 0 amide bonds. The van der Waals surface area contributed by atoms with Crippen LogP contribution in [0.2, 0.25) is 0 Å². The number of hydrogen-bond acceptors (Lipinski definition) is 4. The molecule has 0 atom stereocenters. The van der Waals surface area contributed by atoms with Crippen molar-refractivity contribution in [2.75, 3.05) is 24.6 Å². The number of hydrogen-bond donors (Lipinski definition) is 1. The first-order chi connectivity index (χ1) is 8.77. The Hall–Kier alpha value is -1.36. The summed E-state index contributed by atoms with van der Waals surface area (Å²) in [4.78, 5) is 18.4. The van der Waals surface area contributed by atoms with Crippen LogP contribution in [-0.2, 0) is 0 Å². The average Bonchev–Trinajstić information content (AvgIpc) is 3.19. The van der Waals surface area contributed by atoms with Gasteiger partial charge < -0.3 is 14.6 Å². The third-order valence-corrected chi connectivity index (χ3v) is 3.24. The molecule has 5 nitrogen and oxygen atoms in total. The van der Waals surface area contributed by atoms with Gasteiger partial charge in [0, 0.05) is 31.5 Å². The third-order valence-electron chi connectivity index (χ3n) is 3.24. The number of nitrogens with zero attached hydrogens (tertiary/aromatic N) is 3. The Kier molecular flexibility index (Phi) is 4.36. The monoisotopic (exact) mass is 251 g/mol. The lowest BCUT2D eigenvalue weighted by Gasteiger charge is -2.22. The number of aromatic nitrogens is 2. The molecule has 0 radical (unpaired) electrons. The molecule has 0 bridgehead atoms. The first kappa shape index (κ1) is 13.1. The van der Waals surface area contributed by atoms with E-state index in [9.17, 15) is 4.79 Å². The van der Waals surface area contributed by atoms with Gasteiger partial charge in [0.15, 0.2) is 5.82 Å². The maximum Gasteiger partial charge on any atom is 0.293 e. The molecule has 1 aromatic rings. The van der Waals surface area contributed by atoms with E-state index in [1.807, 2.05) is 4.90 Å². The molecule has 1 fully saturated rings. The Balaban J connectivity index is 2.22. The van der Waals surface area contributed by atoms with Crippen LogP contribution in [0, 0.1) is 0 Å². The fourth-order valence-corrected chi connectivity index (χ4v) is 2.06. The highest BCUT2D eigenvalue weighted by Crippen LogP contribution is 2.33. The summed E-state index contributed by atoms with van der Waals surface area (Å²) in [5, 5.41) is 9.10. The van der Waals surface area contributed by atoms with Crippen LogP contribution in [0.15, 0.2) is 17.2 Å². The van der Waals surface area contributed by atoms with Crippen LogP contribution < -0.4 is 10.5 Å². The first-order valence-corrected chi connectivity index (χ1v) is 6.71. The zero-order chi connectivity index (χ0) is 13.0. The Morgan fingerprint density at radius 1 is 1.50 bits per heavy atom. The second-order valence-corrected chi connectivity index (χ2v) is 4.76. The number of aliphatic hydroxyl groups excluding tert-OH is 1. The predicted molar refractivity (Wildman–Crippen MR) is 71.0 cm³/mol. The van der Waals surface area contributed by atoms with E-state index in [1.165, 1.54) is 0 Å². The number of unbranched alkanes of at least 4 members (excludes halogenated alkanes) is 1.